The molecule has 0 bridgehead atoms. The van der Waals surface area contributed by atoms with Gasteiger partial charge in [-0.3, -0.25) is 9.59 Å². The van der Waals surface area contributed by atoms with E-state index in [2.05, 4.69) is 26.1 Å². The number of ether oxygens (including phenoxy) is 2. The van der Waals surface area contributed by atoms with Gasteiger partial charge in [0.05, 0.1) is 23.7 Å². The predicted octanol–water partition coefficient (Wildman–Crippen LogP) is 5.59. The van der Waals surface area contributed by atoms with Gasteiger partial charge in [0.2, 0.25) is 11.7 Å². The normalized spacial score (nSPS) is 35.7. The minimum absolute atomic E-state index is 0.00189. The van der Waals surface area contributed by atoms with Crippen LogP contribution in [-0.4, -0.2) is 73.5 Å². The molecule has 1 amide bonds. The summed E-state index contributed by atoms with van der Waals surface area (Å²) in [7, 11) is 0. The number of esters is 1. The summed E-state index contributed by atoms with van der Waals surface area (Å²) in [5.41, 5.74) is -0.661. The van der Waals surface area contributed by atoms with Gasteiger partial charge in [0.15, 0.2) is 11.5 Å². The third-order valence-electron chi connectivity index (χ3n) is 13.8. The summed E-state index contributed by atoms with van der Waals surface area (Å²) in [5.74, 6) is -2.59. The highest BCUT2D eigenvalue weighted by Crippen LogP contribution is 2.68. The van der Waals surface area contributed by atoms with Crippen molar-refractivity contribution in [3.8, 4) is 11.5 Å². The molecule has 0 aliphatic heterocycles. The molecule has 4 aliphatic rings. The highest BCUT2D eigenvalue weighted by molar-refractivity contribution is 5.83. The zero-order valence-corrected chi connectivity index (χ0v) is 32.4. The number of phenols is 1. The second-order valence-electron chi connectivity index (χ2n) is 18.6. The van der Waals surface area contributed by atoms with Gasteiger partial charge >= 0.3 is 11.9 Å². The van der Waals surface area contributed by atoms with Crippen molar-refractivity contribution in [3.05, 3.63) is 23.8 Å². The summed E-state index contributed by atoms with van der Waals surface area (Å²) < 4.78 is 11.2. The monoisotopic (exact) mass is 729 g/mol. The van der Waals surface area contributed by atoms with Gasteiger partial charge in [-0.05, 0) is 136 Å². The molecule has 292 valence electrons. The number of hydrogen-bond acceptors (Lipinski definition) is 9. The van der Waals surface area contributed by atoms with Gasteiger partial charge in [0.1, 0.15) is 6.04 Å². The van der Waals surface area contributed by atoms with E-state index in [9.17, 15) is 39.9 Å². The van der Waals surface area contributed by atoms with E-state index in [1.165, 1.54) is 12.1 Å². The maximum atomic E-state index is 13.2. The number of carboxylic acid groups (broad SMARTS) is 1. The lowest BCUT2D eigenvalue weighted by molar-refractivity contribution is -0.207. The van der Waals surface area contributed by atoms with Gasteiger partial charge in [-0.1, -0.05) is 26.8 Å². The number of carboxylic acids is 1. The number of carbonyl (C=O) groups excluding carboxylic acids is 2. The molecular formula is C41H63NO10. The Kier molecular flexibility index (Phi) is 11.4. The molecule has 1 aromatic rings. The highest BCUT2D eigenvalue weighted by Gasteiger charge is 2.65. The van der Waals surface area contributed by atoms with Crippen molar-refractivity contribution in [3.63, 3.8) is 0 Å². The molecule has 11 nitrogen and oxygen atoms in total. The number of aliphatic hydroxyl groups is 3. The molecule has 0 spiro atoms. The molecular weight excluding hydrogens is 666 g/mol. The van der Waals surface area contributed by atoms with Crippen LogP contribution in [0.5, 0.6) is 11.5 Å². The summed E-state index contributed by atoms with van der Waals surface area (Å²) >= 11 is 0. The Bertz CT molecular complexity index is 1490. The Morgan fingerprint density at radius 2 is 1.67 bits per heavy atom. The fraction of sp³-hybridized carbons (Fsp3) is 0.780. The number of carbonyl (C=O) groups is 3. The smallest absolute Gasteiger partial charge is 0.326 e. The summed E-state index contributed by atoms with van der Waals surface area (Å²) in [6.07, 6.45) is 4.92. The van der Waals surface area contributed by atoms with E-state index >= 15 is 0 Å². The SMILES string of the molecule is C[C@H](CCC(=O)NC(Cc1ccc(OC(C)(C)OC(=O)C(C)(C)C)c(O)c1)C(=O)O)C1CCC2C3C(O)CC4C[C@H](O)CC[C@]4(C)C3C[C@H](O)[C@@]21C. The lowest BCUT2D eigenvalue weighted by atomic mass is 9.43. The molecule has 0 radical (unpaired) electrons. The van der Waals surface area contributed by atoms with E-state index in [0.29, 0.717) is 24.8 Å². The first-order valence-electron chi connectivity index (χ1n) is 19.4. The number of phenolic OH excluding ortho intramolecular Hbond substituents is 1. The quantitative estimate of drug-likeness (QED) is 0.124. The van der Waals surface area contributed by atoms with E-state index in [-0.39, 0.29) is 82.7 Å². The second kappa shape index (κ2) is 14.7. The van der Waals surface area contributed by atoms with Crippen LogP contribution in [0.15, 0.2) is 18.2 Å². The van der Waals surface area contributed by atoms with E-state index in [4.69, 9.17) is 9.47 Å². The number of fused-ring (bicyclic) bond motifs is 5. The number of aliphatic carboxylic acids is 1. The van der Waals surface area contributed by atoms with Crippen LogP contribution in [-0.2, 0) is 25.5 Å². The third kappa shape index (κ3) is 7.97. The Morgan fingerprint density at radius 3 is 2.31 bits per heavy atom. The van der Waals surface area contributed by atoms with Crippen molar-refractivity contribution < 1.29 is 49.4 Å². The average molecular weight is 730 g/mol. The minimum Gasteiger partial charge on any atom is -0.504 e. The van der Waals surface area contributed by atoms with Gasteiger partial charge in [0.25, 0.3) is 0 Å². The summed E-state index contributed by atoms with van der Waals surface area (Å²) in [6.45, 7) is 14.9. The molecule has 12 atom stereocenters. The second-order valence-corrected chi connectivity index (χ2v) is 18.6. The summed E-state index contributed by atoms with van der Waals surface area (Å²) in [6, 6.07) is 3.23. The number of hydrogen-bond donors (Lipinski definition) is 6. The molecule has 0 saturated heterocycles. The number of benzene rings is 1. The van der Waals surface area contributed by atoms with Crippen LogP contribution in [0.4, 0.5) is 0 Å². The molecule has 11 heteroatoms. The molecule has 4 saturated carbocycles. The van der Waals surface area contributed by atoms with Crippen LogP contribution in [0.25, 0.3) is 0 Å². The van der Waals surface area contributed by atoms with Crippen molar-refractivity contribution in [2.45, 2.75) is 150 Å². The average Bonchev–Trinajstić information content (AvgIpc) is 3.39. The number of rotatable bonds is 11. The van der Waals surface area contributed by atoms with Gasteiger partial charge in [0, 0.05) is 26.7 Å². The first-order chi connectivity index (χ1) is 24.1. The van der Waals surface area contributed by atoms with E-state index < -0.39 is 41.4 Å². The van der Waals surface area contributed by atoms with Gasteiger partial charge < -0.3 is 40.3 Å². The molecule has 4 fully saturated rings. The number of nitrogens with one attached hydrogen (secondary N) is 1. The summed E-state index contributed by atoms with van der Waals surface area (Å²) in [4.78, 5) is 37.7. The molecule has 6 N–H and O–H groups in total. The summed E-state index contributed by atoms with van der Waals surface area (Å²) in [5, 5.41) is 57.1. The fourth-order valence-electron chi connectivity index (χ4n) is 10.8. The molecule has 0 aromatic heterocycles. The van der Waals surface area contributed by atoms with Gasteiger partial charge in [-0.2, -0.15) is 0 Å². The van der Waals surface area contributed by atoms with Crippen LogP contribution < -0.4 is 10.1 Å². The van der Waals surface area contributed by atoms with E-state index in [0.717, 1.165) is 32.1 Å². The molecule has 5 rings (SSSR count). The number of amides is 1. The maximum Gasteiger partial charge on any atom is 0.326 e. The Balaban J connectivity index is 1.18. The molecule has 4 aliphatic carbocycles. The maximum absolute atomic E-state index is 13.2. The lowest BCUT2D eigenvalue weighted by Gasteiger charge is -2.63. The third-order valence-corrected chi connectivity index (χ3v) is 13.8. The zero-order valence-electron chi connectivity index (χ0n) is 32.4. The first-order valence-corrected chi connectivity index (χ1v) is 19.4. The highest BCUT2D eigenvalue weighted by atomic mass is 16.7. The molecule has 0 heterocycles. The molecule has 52 heavy (non-hydrogen) atoms. The molecule has 1 aromatic carbocycles. The standard InChI is InChI=1S/C41H63NO10/c1-22(26-11-12-27-35-28(21-33(46)41(26,27)8)40(7)16-15-25(43)19-24(40)20-31(35)45)9-14-34(47)42-29(36(48)49)17-23-10-13-32(30(44)18-23)51-39(5,6)52-37(50)38(2,3)4/h10,13,18,22,24-29,31,33,35,43-46H,9,11-12,14-17,19-21H2,1-8H3,(H,42,47)(H,48,49)/t22-,24?,25-,26?,27?,28?,29?,31?,33+,35?,40+,41-/m1/s1. The molecule has 7 unspecified atom stereocenters. The Morgan fingerprint density at radius 1 is 0.981 bits per heavy atom. The van der Waals surface area contributed by atoms with Crippen LogP contribution in [0.3, 0.4) is 0 Å². The van der Waals surface area contributed by atoms with Crippen molar-refractivity contribution in [2.75, 3.05) is 0 Å². The van der Waals surface area contributed by atoms with Gasteiger partial charge in [-0.25, -0.2) is 4.79 Å². The van der Waals surface area contributed by atoms with Crippen LogP contribution >= 0.6 is 0 Å². The Hall–Kier alpha value is -2.89. The number of aliphatic hydroxyl groups excluding tert-OH is 3. The van der Waals surface area contributed by atoms with Crippen molar-refractivity contribution >= 4 is 17.8 Å². The largest absolute Gasteiger partial charge is 0.504 e. The van der Waals surface area contributed by atoms with Crippen molar-refractivity contribution in [1.29, 1.82) is 0 Å². The van der Waals surface area contributed by atoms with Crippen LogP contribution in [0.2, 0.25) is 0 Å². The van der Waals surface area contributed by atoms with E-state index in [1.54, 1.807) is 40.7 Å². The lowest BCUT2D eigenvalue weighted by Crippen LogP contribution is -2.62. The van der Waals surface area contributed by atoms with Crippen molar-refractivity contribution in [1.82, 2.24) is 5.32 Å². The predicted molar refractivity (Wildman–Crippen MR) is 194 cm³/mol. The minimum atomic E-state index is -1.37. The first kappa shape index (κ1) is 40.3. The van der Waals surface area contributed by atoms with Crippen LogP contribution in [0.1, 0.15) is 119 Å². The van der Waals surface area contributed by atoms with E-state index in [1.807, 2.05) is 0 Å². The van der Waals surface area contributed by atoms with Gasteiger partial charge in [-0.15, -0.1) is 0 Å². The topological polar surface area (TPSA) is 183 Å². The number of aromatic hydroxyl groups is 1. The van der Waals surface area contributed by atoms with Crippen LogP contribution in [0, 0.1) is 51.8 Å². The zero-order chi connectivity index (χ0) is 38.6. The Labute approximate surface area is 308 Å². The van der Waals surface area contributed by atoms with Crippen molar-refractivity contribution in [2.24, 2.45) is 51.8 Å². The fourth-order valence-corrected chi connectivity index (χ4v) is 10.8.